The molecule has 2 aromatic heterocycles. The maximum atomic E-state index is 12.7. The molecule has 3 heterocycles. The van der Waals surface area contributed by atoms with Crippen molar-refractivity contribution in [1.29, 1.82) is 0 Å². The van der Waals surface area contributed by atoms with Crippen LogP contribution < -0.4 is 5.32 Å². The molecule has 0 atom stereocenters. The summed E-state index contributed by atoms with van der Waals surface area (Å²) in [5, 5.41) is 5.77. The van der Waals surface area contributed by atoms with Gasteiger partial charge >= 0.3 is 0 Å². The summed E-state index contributed by atoms with van der Waals surface area (Å²) in [6, 6.07) is 13.7. The number of rotatable bonds is 7. The second-order valence-electron chi connectivity index (χ2n) is 7.48. The molecule has 2 amide bonds. The minimum absolute atomic E-state index is 0.00836. The normalized spacial score (nSPS) is 14.4. The Kier molecular flexibility index (Phi) is 7.01. The van der Waals surface area contributed by atoms with Gasteiger partial charge in [-0.3, -0.25) is 19.5 Å². The number of pyridine rings is 1. The van der Waals surface area contributed by atoms with Crippen LogP contribution in [0.3, 0.4) is 0 Å². The zero-order chi connectivity index (χ0) is 21.5. The molecule has 1 fully saturated rings. The van der Waals surface area contributed by atoms with Crippen LogP contribution in [0.4, 0.5) is 0 Å². The first-order valence-corrected chi connectivity index (χ1v) is 11.2. The zero-order valence-corrected chi connectivity index (χ0v) is 18.1. The zero-order valence-electron chi connectivity index (χ0n) is 17.2. The summed E-state index contributed by atoms with van der Waals surface area (Å²) in [6.07, 6.45) is 3.81. The van der Waals surface area contributed by atoms with E-state index >= 15 is 0 Å². The summed E-state index contributed by atoms with van der Waals surface area (Å²) in [5.41, 5.74) is 2.84. The highest BCUT2D eigenvalue weighted by atomic mass is 32.1. The van der Waals surface area contributed by atoms with Crippen LogP contribution in [-0.2, 0) is 22.6 Å². The van der Waals surface area contributed by atoms with Gasteiger partial charge in [-0.05, 0) is 17.7 Å². The quantitative estimate of drug-likeness (QED) is 0.616. The van der Waals surface area contributed by atoms with Crippen molar-refractivity contribution in [2.75, 3.05) is 32.7 Å². The smallest absolute Gasteiger partial charge is 0.234 e. The molecule has 0 aliphatic carbocycles. The molecule has 1 saturated heterocycles. The molecular formula is C23H25N5O2S. The third-order valence-electron chi connectivity index (χ3n) is 5.22. The average molecular weight is 436 g/mol. The maximum Gasteiger partial charge on any atom is 0.234 e. The first kappa shape index (κ1) is 21.1. The molecule has 1 aromatic carbocycles. The molecular weight excluding hydrogens is 410 g/mol. The summed E-state index contributed by atoms with van der Waals surface area (Å²) in [4.78, 5) is 37.6. The van der Waals surface area contributed by atoms with Gasteiger partial charge in [0.25, 0.3) is 0 Å². The lowest BCUT2D eigenvalue weighted by Crippen LogP contribution is -2.51. The molecule has 3 aromatic rings. The van der Waals surface area contributed by atoms with Crippen LogP contribution in [0.2, 0.25) is 0 Å². The number of aromatic nitrogens is 2. The number of hydrogen-bond acceptors (Lipinski definition) is 6. The minimum atomic E-state index is 0.00836. The fourth-order valence-corrected chi connectivity index (χ4v) is 4.30. The van der Waals surface area contributed by atoms with E-state index in [-0.39, 0.29) is 11.8 Å². The molecule has 7 nitrogen and oxygen atoms in total. The summed E-state index contributed by atoms with van der Waals surface area (Å²) >= 11 is 1.53. The van der Waals surface area contributed by atoms with E-state index in [9.17, 15) is 9.59 Å². The van der Waals surface area contributed by atoms with Crippen LogP contribution in [0.15, 0.2) is 60.2 Å². The molecule has 0 bridgehead atoms. The average Bonchev–Trinajstić information content (AvgIpc) is 3.28. The number of hydrogen-bond donors (Lipinski definition) is 1. The van der Waals surface area contributed by atoms with Gasteiger partial charge in [0.1, 0.15) is 5.01 Å². The number of thiazole rings is 1. The van der Waals surface area contributed by atoms with Gasteiger partial charge in [-0.1, -0.05) is 30.3 Å². The summed E-state index contributed by atoms with van der Waals surface area (Å²) in [5.74, 6) is 0.0882. The third-order valence-corrected chi connectivity index (χ3v) is 6.16. The van der Waals surface area contributed by atoms with Crippen LogP contribution in [0.5, 0.6) is 0 Å². The lowest BCUT2D eigenvalue weighted by molar-refractivity contribution is -0.132. The van der Waals surface area contributed by atoms with Crippen molar-refractivity contribution in [3.8, 4) is 10.6 Å². The highest BCUT2D eigenvalue weighted by Crippen LogP contribution is 2.23. The predicted molar refractivity (Wildman–Crippen MR) is 120 cm³/mol. The summed E-state index contributed by atoms with van der Waals surface area (Å²) in [7, 11) is 0. The molecule has 0 saturated carbocycles. The Bertz CT molecular complexity index is 1000. The second kappa shape index (κ2) is 10.3. The van der Waals surface area contributed by atoms with E-state index in [1.807, 2.05) is 52.7 Å². The van der Waals surface area contributed by atoms with E-state index in [2.05, 4.69) is 20.2 Å². The van der Waals surface area contributed by atoms with Crippen LogP contribution in [0.1, 0.15) is 11.3 Å². The summed E-state index contributed by atoms with van der Waals surface area (Å²) < 4.78 is 0. The van der Waals surface area contributed by atoms with E-state index in [0.717, 1.165) is 21.8 Å². The maximum absolute atomic E-state index is 12.7. The number of amides is 2. The first-order chi connectivity index (χ1) is 15.2. The van der Waals surface area contributed by atoms with Crippen molar-refractivity contribution < 1.29 is 9.59 Å². The highest BCUT2D eigenvalue weighted by Gasteiger charge is 2.23. The van der Waals surface area contributed by atoms with Gasteiger partial charge in [0.05, 0.1) is 18.7 Å². The standard InChI is InChI=1S/C23H25N5O2S/c29-21(25-14-18-5-2-1-3-6-18)16-27-9-11-28(12-10-27)22(30)13-20-17-31-23(26-20)19-7-4-8-24-15-19/h1-8,15,17H,9-14,16H2,(H,25,29). The number of nitrogens with zero attached hydrogens (tertiary/aromatic N) is 4. The van der Waals surface area contributed by atoms with Crippen LogP contribution in [-0.4, -0.2) is 64.3 Å². The molecule has 160 valence electrons. The van der Waals surface area contributed by atoms with Crippen LogP contribution >= 0.6 is 11.3 Å². The van der Waals surface area contributed by atoms with Gasteiger partial charge in [0, 0.05) is 56.1 Å². The van der Waals surface area contributed by atoms with Crippen molar-refractivity contribution >= 4 is 23.2 Å². The van der Waals surface area contributed by atoms with Gasteiger partial charge in [0.15, 0.2) is 0 Å². The topological polar surface area (TPSA) is 78.4 Å². The lowest BCUT2D eigenvalue weighted by atomic mass is 10.2. The first-order valence-electron chi connectivity index (χ1n) is 10.3. The Morgan fingerprint density at radius 1 is 1.03 bits per heavy atom. The van der Waals surface area contributed by atoms with Gasteiger partial charge in [-0.25, -0.2) is 4.98 Å². The van der Waals surface area contributed by atoms with Crippen LogP contribution in [0.25, 0.3) is 10.6 Å². The van der Waals surface area contributed by atoms with E-state index in [1.165, 1.54) is 11.3 Å². The Hall–Kier alpha value is -3.10. The molecule has 31 heavy (non-hydrogen) atoms. The van der Waals surface area contributed by atoms with Gasteiger partial charge < -0.3 is 10.2 Å². The number of piperazine rings is 1. The molecule has 8 heteroatoms. The predicted octanol–water partition coefficient (Wildman–Crippen LogP) is 2.21. The fourth-order valence-electron chi connectivity index (χ4n) is 3.49. The number of nitrogens with one attached hydrogen (secondary N) is 1. The fraction of sp³-hybridized carbons (Fsp3) is 0.304. The number of benzene rings is 1. The highest BCUT2D eigenvalue weighted by molar-refractivity contribution is 7.13. The van der Waals surface area contributed by atoms with Crippen molar-refractivity contribution in [1.82, 2.24) is 25.1 Å². The van der Waals surface area contributed by atoms with E-state index in [1.54, 1.807) is 12.4 Å². The Morgan fingerprint density at radius 3 is 2.58 bits per heavy atom. The molecule has 0 radical (unpaired) electrons. The Labute approximate surface area is 185 Å². The number of carbonyl (C=O) groups excluding carboxylic acids is 2. The van der Waals surface area contributed by atoms with Gasteiger partial charge in [0.2, 0.25) is 11.8 Å². The second-order valence-corrected chi connectivity index (χ2v) is 8.34. The van der Waals surface area contributed by atoms with Crippen molar-refractivity contribution in [3.63, 3.8) is 0 Å². The molecule has 0 unspecified atom stereocenters. The SMILES string of the molecule is O=C(CN1CCN(C(=O)Cc2csc(-c3cccnc3)n2)CC1)NCc1ccccc1. The Morgan fingerprint density at radius 2 is 1.84 bits per heavy atom. The Balaban J connectivity index is 1.20. The van der Waals surface area contributed by atoms with Crippen molar-refractivity contribution in [3.05, 3.63) is 71.5 Å². The minimum Gasteiger partial charge on any atom is -0.351 e. The van der Waals surface area contributed by atoms with Gasteiger partial charge in [-0.2, -0.15) is 0 Å². The molecule has 4 rings (SSSR count). The van der Waals surface area contributed by atoms with E-state index < -0.39 is 0 Å². The lowest BCUT2D eigenvalue weighted by Gasteiger charge is -2.34. The summed E-state index contributed by atoms with van der Waals surface area (Å²) in [6.45, 7) is 3.54. The van der Waals surface area contributed by atoms with E-state index in [4.69, 9.17) is 0 Å². The van der Waals surface area contributed by atoms with Crippen molar-refractivity contribution in [2.24, 2.45) is 0 Å². The molecule has 1 aliphatic rings. The number of carbonyl (C=O) groups is 2. The molecule has 1 N–H and O–H groups in total. The van der Waals surface area contributed by atoms with Gasteiger partial charge in [-0.15, -0.1) is 11.3 Å². The van der Waals surface area contributed by atoms with E-state index in [0.29, 0.717) is 45.7 Å². The third kappa shape index (κ3) is 5.96. The largest absolute Gasteiger partial charge is 0.351 e. The van der Waals surface area contributed by atoms with Crippen molar-refractivity contribution in [2.45, 2.75) is 13.0 Å². The van der Waals surface area contributed by atoms with Crippen LogP contribution in [0, 0.1) is 0 Å². The molecule has 1 aliphatic heterocycles. The molecule has 0 spiro atoms. The monoisotopic (exact) mass is 435 g/mol.